The number of rotatable bonds is 5. The van der Waals surface area contributed by atoms with Crippen LogP contribution in [-0.2, 0) is 4.79 Å². The highest BCUT2D eigenvalue weighted by Gasteiger charge is 2.22. The molecule has 142 valence electrons. The molecule has 0 aliphatic carbocycles. The van der Waals surface area contributed by atoms with Gasteiger partial charge >= 0.3 is 0 Å². The summed E-state index contributed by atoms with van der Waals surface area (Å²) < 4.78 is 0. The predicted molar refractivity (Wildman–Crippen MR) is 105 cm³/mol. The molecule has 2 fully saturated rings. The molecule has 1 aromatic rings. The molecule has 6 heteroatoms. The Hall–Kier alpha value is -1.59. The number of likely N-dealkylation sites (tertiary alicyclic amines) is 1. The van der Waals surface area contributed by atoms with Gasteiger partial charge in [0.25, 0.3) is 5.91 Å². The first kappa shape index (κ1) is 19.2. The first-order valence-electron chi connectivity index (χ1n) is 9.73. The normalized spacial score (nSPS) is 18.6. The van der Waals surface area contributed by atoms with Crippen molar-refractivity contribution in [1.29, 1.82) is 0 Å². The topological polar surface area (TPSA) is 61.4 Å². The Bertz CT molecular complexity index is 638. The van der Waals surface area contributed by atoms with Crippen LogP contribution in [-0.4, -0.2) is 42.9 Å². The fourth-order valence-corrected chi connectivity index (χ4v) is 3.96. The number of carbonyl (C=O) groups excluding carboxylic acids is 2. The van der Waals surface area contributed by atoms with Gasteiger partial charge in [0.2, 0.25) is 5.91 Å². The molecule has 26 heavy (non-hydrogen) atoms. The summed E-state index contributed by atoms with van der Waals surface area (Å²) in [6.45, 7) is 3.64. The van der Waals surface area contributed by atoms with E-state index in [-0.39, 0.29) is 11.8 Å². The third-order valence-electron chi connectivity index (χ3n) is 5.37. The minimum atomic E-state index is -0.0431. The zero-order valence-corrected chi connectivity index (χ0v) is 16.0. The molecule has 1 aromatic carbocycles. The molecule has 0 radical (unpaired) electrons. The maximum Gasteiger partial charge on any atom is 0.255 e. The highest BCUT2D eigenvalue weighted by atomic mass is 35.5. The van der Waals surface area contributed by atoms with Gasteiger partial charge in [-0.05, 0) is 75.7 Å². The smallest absolute Gasteiger partial charge is 0.255 e. The number of hydrogen-bond donors (Lipinski definition) is 2. The average molecular weight is 378 g/mol. The SMILES string of the molecule is O=C(CCC1CCNCC1)Nc1cc(Cl)ccc1C(=O)N1CCCCC1. The lowest BCUT2D eigenvalue weighted by atomic mass is 9.93. The van der Waals surface area contributed by atoms with Gasteiger partial charge < -0.3 is 15.5 Å². The van der Waals surface area contributed by atoms with E-state index >= 15 is 0 Å². The lowest BCUT2D eigenvalue weighted by Gasteiger charge is -2.27. The molecule has 2 amide bonds. The molecule has 0 unspecified atom stereocenters. The molecule has 2 aliphatic heterocycles. The number of nitrogens with zero attached hydrogens (tertiary/aromatic N) is 1. The van der Waals surface area contributed by atoms with Crippen molar-refractivity contribution in [2.24, 2.45) is 5.92 Å². The van der Waals surface area contributed by atoms with Gasteiger partial charge in [-0.1, -0.05) is 11.6 Å². The summed E-state index contributed by atoms with van der Waals surface area (Å²) >= 11 is 6.11. The largest absolute Gasteiger partial charge is 0.339 e. The standard InChI is InChI=1S/C20H28ClN3O2/c21-16-5-6-17(20(26)24-12-2-1-3-13-24)18(14-16)23-19(25)7-4-15-8-10-22-11-9-15/h5-6,14-15,22H,1-4,7-13H2,(H,23,25). The van der Waals surface area contributed by atoms with E-state index in [0.717, 1.165) is 58.3 Å². The second kappa shape index (κ2) is 9.38. The van der Waals surface area contributed by atoms with E-state index in [2.05, 4.69) is 10.6 Å². The van der Waals surface area contributed by atoms with Gasteiger partial charge in [0.1, 0.15) is 0 Å². The first-order valence-corrected chi connectivity index (χ1v) is 10.1. The third-order valence-corrected chi connectivity index (χ3v) is 5.60. The number of amides is 2. The van der Waals surface area contributed by atoms with Crippen molar-refractivity contribution in [2.45, 2.75) is 44.9 Å². The van der Waals surface area contributed by atoms with Crippen LogP contribution in [0.1, 0.15) is 55.3 Å². The van der Waals surface area contributed by atoms with Gasteiger partial charge in [-0.2, -0.15) is 0 Å². The number of benzene rings is 1. The Morgan fingerprint density at radius 3 is 2.62 bits per heavy atom. The van der Waals surface area contributed by atoms with Gasteiger partial charge in [-0.3, -0.25) is 9.59 Å². The van der Waals surface area contributed by atoms with E-state index < -0.39 is 0 Å². The number of piperidine rings is 2. The predicted octanol–water partition coefficient (Wildman–Crippen LogP) is 3.68. The molecule has 0 atom stereocenters. The summed E-state index contributed by atoms with van der Waals surface area (Å²) in [5.74, 6) is 0.546. The first-order chi connectivity index (χ1) is 12.6. The fraction of sp³-hybridized carbons (Fsp3) is 0.600. The van der Waals surface area contributed by atoms with Gasteiger partial charge in [0.05, 0.1) is 11.3 Å². The van der Waals surface area contributed by atoms with Gasteiger partial charge in [-0.25, -0.2) is 0 Å². The molecule has 0 aromatic heterocycles. The van der Waals surface area contributed by atoms with Crippen LogP contribution < -0.4 is 10.6 Å². The second-order valence-corrected chi connectivity index (χ2v) is 7.76. The number of carbonyl (C=O) groups is 2. The molecule has 2 N–H and O–H groups in total. The molecule has 0 spiro atoms. The van der Waals surface area contributed by atoms with Crippen LogP contribution >= 0.6 is 11.6 Å². The Balaban J connectivity index is 1.63. The van der Waals surface area contributed by atoms with Gasteiger partial charge in [0, 0.05) is 24.5 Å². The van der Waals surface area contributed by atoms with E-state index in [1.807, 2.05) is 4.90 Å². The highest BCUT2D eigenvalue weighted by molar-refractivity contribution is 6.31. The number of nitrogens with one attached hydrogen (secondary N) is 2. The van der Waals surface area contributed by atoms with E-state index in [4.69, 9.17) is 11.6 Å². The number of hydrogen-bond acceptors (Lipinski definition) is 3. The molecule has 2 heterocycles. The minimum Gasteiger partial charge on any atom is -0.339 e. The summed E-state index contributed by atoms with van der Waals surface area (Å²) in [6.07, 6.45) is 6.88. The fourth-order valence-electron chi connectivity index (χ4n) is 3.79. The van der Waals surface area contributed by atoms with Crippen molar-refractivity contribution >= 4 is 29.1 Å². The Kier molecular flexibility index (Phi) is 6.92. The van der Waals surface area contributed by atoms with Gasteiger partial charge in [-0.15, -0.1) is 0 Å². The van der Waals surface area contributed by atoms with Crippen molar-refractivity contribution in [2.75, 3.05) is 31.5 Å². The highest BCUT2D eigenvalue weighted by Crippen LogP contribution is 2.25. The van der Waals surface area contributed by atoms with E-state index in [9.17, 15) is 9.59 Å². The van der Waals surface area contributed by atoms with E-state index in [1.54, 1.807) is 18.2 Å². The van der Waals surface area contributed by atoms with Crippen LogP contribution in [0.15, 0.2) is 18.2 Å². The minimum absolute atomic E-state index is 0.0185. The van der Waals surface area contributed by atoms with Crippen molar-refractivity contribution in [1.82, 2.24) is 10.2 Å². The van der Waals surface area contributed by atoms with Gasteiger partial charge in [0.15, 0.2) is 0 Å². The zero-order chi connectivity index (χ0) is 18.4. The molecule has 2 saturated heterocycles. The quantitative estimate of drug-likeness (QED) is 0.822. The lowest BCUT2D eigenvalue weighted by molar-refractivity contribution is -0.116. The van der Waals surface area contributed by atoms with Crippen LogP contribution in [0, 0.1) is 5.92 Å². The molecule has 0 bridgehead atoms. The average Bonchev–Trinajstić information content (AvgIpc) is 2.67. The Morgan fingerprint density at radius 1 is 1.15 bits per heavy atom. The number of anilines is 1. The molecule has 3 rings (SSSR count). The summed E-state index contributed by atoms with van der Waals surface area (Å²) in [4.78, 5) is 27.1. The van der Waals surface area contributed by atoms with Crippen LogP contribution in [0.3, 0.4) is 0 Å². The van der Waals surface area contributed by atoms with Crippen LogP contribution in [0.5, 0.6) is 0 Å². The summed E-state index contributed by atoms with van der Waals surface area (Å²) in [5.41, 5.74) is 1.06. The van der Waals surface area contributed by atoms with Crippen LogP contribution in [0.4, 0.5) is 5.69 Å². The molecular formula is C20H28ClN3O2. The number of halogens is 1. The van der Waals surface area contributed by atoms with Crippen molar-refractivity contribution in [3.8, 4) is 0 Å². The van der Waals surface area contributed by atoms with E-state index in [0.29, 0.717) is 28.6 Å². The lowest BCUT2D eigenvalue weighted by Crippen LogP contribution is -2.36. The summed E-state index contributed by atoms with van der Waals surface area (Å²) in [7, 11) is 0. The van der Waals surface area contributed by atoms with Crippen molar-refractivity contribution in [3.63, 3.8) is 0 Å². The Morgan fingerprint density at radius 2 is 1.88 bits per heavy atom. The molecule has 2 aliphatic rings. The monoisotopic (exact) mass is 377 g/mol. The van der Waals surface area contributed by atoms with Crippen molar-refractivity contribution in [3.05, 3.63) is 28.8 Å². The van der Waals surface area contributed by atoms with Crippen molar-refractivity contribution < 1.29 is 9.59 Å². The summed E-state index contributed by atoms with van der Waals surface area (Å²) in [6, 6.07) is 5.12. The maximum absolute atomic E-state index is 12.8. The molecule has 5 nitrogen and oxygen atoms in total. The zero-order valence-electron chi connectivity index (χ0n) is 15.2. The summed E-state index contributed by atoms with van der Waals surface area (Å²) in [5, 5.41) is 6.79. The molecular weight excluding hydrogens is 350 g/mol. The third kappa shape index (κ3) is 5.21. The van der Waals surface area contributed by atoms with Crippen LogP contribution in [0.25, 0.3) is 0 Å². The Labute approximate surface area is 160 Å². The van der Waals surface area contributed by atoms with Crippen LogP contribution in [0.2, 0.25) is 5.02 Å². The maximum atomic E-state index is 12.8. The molecule has 0 saturated carbocycles. The van der Waals surface area contributed by atoms with E-state index in [1.165, 1.54) is 6.42 Å². The second-order valence-electron chi connectivity index (χ2n) is 7.32.